The summed E-state index contributed by atoms with van der Waals surface area (Å²) in [5, 5.41) is 0. The molecule has 2 atom stereocenters. The van der Waals surface area contributed by atoms with Crippen molar-refractivity contribution in [3.63, 3.8) is 0 Å². The fourth-order valence-corrected chi connectivity index (χ4v) is 4.01. The van der Waals surface area contributed by atoms with E-state index in [9.17, 15) is 0 Å². The molecule has 1 saturated heterocycles. The van der Waals surface area contributed by atoms with Crippen LogP contribution in [0.5, 0.6) is 0 Å². The second kappa shape index (κ2) is 7.61. The van der Waals surface area contributed by atoms with Gasteiger partial charge in [-0.25, -0.2) is 0 Å². The van der Waals surface area contributed by atoms with Gasteiger partial charge in [0.05, 0.1) is 0 Å². The van der Waals surface area contributed by atoms with E-state index in [4.69, 9.17) is 5.73 Å². The second-order valence-electron chi connectivity index (χ2n) is 6.89. The van der Waals surface area contributed by atoms with Crippen molar-refractivity contribution in [2.24, 2.45) is 17.6 Å². The molecule has 2 N–H and O–H groups in total. The Morgan fingerprint density at radius 2 is 1.74 bits per heavy atom. The molecule has 0 amide bonds. The van der Waals surface area contributed by atoms with Crippen molar-refractivity contribution in [1.29, 1.82) is 0 Å². The Morgan fingerprint density at radius 1 is 1.05 bits per heavy atom. The molecule has 3 nitrogen and oxygen atoms in total. The summed E-state index contributed by atoms with van der Waals surface area (Å²) < 4.78 is 0. The van der Waals surface area contributed by atoms with Crippen molar-refractivity contribution in [2.75, 3.05) is 40.3 Å². The molecule has 0 bridgehead atoms. The minimum atomic E-state index is 0.735. The van der Waals surface area contributed by atoms with Crippen LogP contribution in [0.1, 0.15) is 44.9 Å². The number of hydrogen-bond acceptors (Lipinski definition) is 3. The Kier molecular flexibility index (Phi) is 6.11. The lowest BCUT2D eigenvalue weighted by molar-refractivity contribution is 0.117. The first-order chi connectivity index (χ1) is 9.20. The summed E-state index contributed by atoms with van der Waals surface area (Å²) in [6.45, 7) is 4.73. The highest BCUT2D eigenvalue weighted by Gasteiger charge is 2.28. The van der Waals surface area contributed by atoms with Gasteiger partial charge in [-0.05, 0) is 71.2 Å². The SMILES string of the molecule is CN1CCC(CN(C)C2CCCCCC2CN)CC1. The van der Waals surface area contributed by atoms with Crippen molar-refractivity contribution in [3.05, 3.63) is 0 Å². The molecule has 1 aliphatic carbocycles. The van der Waals surface area contributed by atoms with Gasteiger partial charge < -0.3 is 15.5 Å². The van der Waals surface area contributed by atoms with E-state index in [1.807, 2.05) is 0 Å². The summed E-state index contributed by atoms with van der Waals surface area (Å²) in [6.07, 6.45) is 9.67. The zero-order valence-electron chi connectivity index (χ0n) is 13.0. The van der Waals surface area contributed by atoms with Crippen molar-refractivity contribution in [1.82, 2.24) is 9.80 Å². The van der Waals surface area contributed by atoms with E-state index in [-0.39, 0.29) is 0 Å². The van der Waals surface area contributed by atoms with Crippen LogP contribution in [-0.4, -0.2) is 56.1 Å². The number of nitrogens with zero attached hydrogens (tertiary/aromatic N) is 2. The van der Waals surface area contributed by atoms with Crippen LogP contribution < -0.4 is 5.73 Å². The topological polar surface area (TPSA) is 32.5 Å². The number of rotatable bonds is 4. The fourth-order valence-electron chi connectivity index (χ4n) is 4.01. The van der Waals surface area contributed by atoms with Crippen LogP contribution in [0.2, 0.25) is 0 Å². The van der Waals surface area contributed by atoms with Crippen LogP contribution in [0.25, 0.3) is 0 Å². The molecule has 0 spiro atoms. The zero-order chi connectivity index (χ0) is 13.7. The van der Waals surface area contributed by atoms with Crippen molar-refractivity contribution < 1.29 is 0 Å². The Morgan fingerprint density at radius 3 is 2.42 bits per heavy atom. The van der Waals surface area contributed by atoms with Crippen LogP contribution in [0.4, 0.5) is 0 Å². The summed E-state index contributed by atoms with van der Waals surface area (Å²) in [7, 11) is 4.59. The first kappa shape index (κ1) is 15.3. The molecule has 1 aliphatic heterocycles. The van der Waals surface area contributed by atoms with Crippen LogP contribution in [0, 0.1) is 11.8 Å². The molecule has 0 aromatic heterocycles. The standard InChI is InChI=1S/C16H33N3/c1-18-10-8-14(9-11-18)13-19(2)16-7-5-3-4-6-15(16)12-17/h14-16H,3-13,17H2,1-2H3. The van der Waals surface area contributed by atoms with E-state index in [2.05, 4.69) is 23.9 Å². The van der Waals surface area contributed by atoms with E-state index < -0.39 is 0 Å². The Labute approximate surface area is 119 Å². The average Bonchev–Trinajstić information content (AvgIpc) is 2.66. The Balaban J connectivity index is 1.84. The number of hydrogen-bond donors (Lipinski definition) is 1. The molecular weight excluding hydrogens is 234 g/mol. The molecular formula is C16H33N3. The summed E-state index contributed by atoms with van der Waals surface area (Å²) in [5.74, 6) is 1.64. The molecule has 1 saturated carbocycles. The maximum atomic E-state index is 6.02. The summed E-state index contributed by atoms with van der Waals surface area (Å²) in [4.78, 5) is 5.11. The van der Waals surface area contributed by atoms with Crippen LogP contribution in [-0.2, 0) is 0 Å². The first-order valence-electron chi connectivity index (χ1n) is 8.29. The summed E-state index contributed by atoms with van der Waals surface area (Å²) in [5.41, 5.74) is 6.02. The second-order valence-corrected chi connectivity index (χ2v) is 6.89. The molecule has 1 heterocycles. The van der Waals surface area contributed by atoms with Gasteiger partial charge in [0.2, 0.25) is 0 Å². The van der Waals surface area contributed by atoms with E-state index in [1.54, 1.807) is 0 Å². The largest absolute Gasteiger partial charge is 0.330 e. The number of nitrogens with two attached hydrogens (primary N) is 1. The molecule has 3 heteroatoms. The Bertz CT molecular complexity index is 248. The van der Waals surface area contributed by atoms with E-state index in [0.717, 1.165) is 24.4 Å². The van der Waals surface area contributed by atoms with Gasteiger partial charge in [-0.3, -0.25) is 0 Å². The molecule has 0 radical (unpaired) electrons. The van der Waals surface area contributed by atoms with E-state index in [0.29, 0.717) is 0 Å². The van der Waals surface area contributed by atoms with Crippen LogP contribution >= 0.6 is 0 Å². The molecule has 2 fully saturated rings. The maximum absolute atomic E-state index is 6.02. The zero-order valence-corrected chi connectivity index (χ0v) is 13.0. The maximum Gasteiger partial charge on any atom is 0.0133 e. The van der Waals surface area contributed by atoms with Crippen molar-refractivity contribution >= 4 is 0 Å². The quantitative estimate of drug-likeness (QED) is 0.792. The molecule has 2 unspecified atom stereocenters. The minimum Gasteiger partial charge on any atom is -0.330 e. The monoisotopic (exact) mass is 267 g/mol. The summed E-state index contributed by atoms with van der Waals surface area (Å²) >= 11 is 0. The third-order valence-corrected chi connectivity index (χ3v) is 5.37. The predicted molar refractivity (Wildman–Crippen MR) is 82.3 cm³/mol. The van der Waals surface area contributed by atoms with Gasteiger partial charge in [-0.1, -0.05) is 19.3 Å². The molecule has 0 aromatic rings. The van der Waals surface area contributed by atoms with E-state index >= 15 is 0 Å². The lowest BCUT2D eigenvalue weighted by atomic mass is 9.91. The van der Waals surface area contributed by atoms with Gasteiger partial charge in [-0.2, -0.15) is 0 Å². The third kappa shape index (κ3) is 4.44. The van der Waals surface area contributed by atoms with Crippen molar-refractivity contribution in [3.8, 4) is 0 Å². The van der Waals surface area contributed by atoms with Crippen molar-refractivity contribution in [2.45, 2.75) is 51.0 Å². The molecule has 0 aromatic carbocycles. The highest BCUT2D eigenvalue weighted by Crippen LogP contribution is 2.28. The van der Waals surface area contributed by atoms with Gasteiger partial charge in [0.1, 0.15) is 0 Å². The number of piperidine rings is 1. The normalized spacial score (nSPS) is 31.6. The Hall–Kier alpha value is -0.120. The lowest BCUT2D eigenvalue weighted by Crippen LogP contribution is -2.44. The van der Waals surface area contributed by atoms with Gasteiger partial charge >= 0.3 is 0 Å². The minimum absolute atomic E-state index is 0.735. The molecule has 112 valence electrons. The smallest absolute Gasteiger partial charge is 0.0133 e. The van der Waals surface area contributed by atoms with Crippen LogP contribution in [0.15, 0.2) is 0 Å². The number of likely N-dealkylation sites (tertiary alicyclic amines) is 1. The predicted octanol–water partition coefficient (Wildman–Crippen LogP) is 2.17. The third-order valence-electron chi connectivity index (χ3n) is 5.37. The van der Waals surface area contributed by atoms with Gasteiger partial charge in [0.25, 0.3) is 0 Å². The van der Waals surface area contributed by atoms with Crippen LogP contribution in [0.3, 0.4) is 0 Å². The lowest BCUT2D eigenvalue weighted by Gasteiger charge is -2.37. The highest BCUT2D eigenvalue weighted by atomic mass is 15.1. The molecule has 19 heavy (non-hydrogen) atoms. The van der Waals surface area contributed by atoms with Gasteiger partial charge in [0.15, 0.2) is 0 Å². The molecule has 2 rings (SSSR count). The van der Waals surface area contributed by atoms with Gasteiger partial charge in [0, 0.05) is 12.6 Å². The van der Waals surface area contributed by atoms with E-state index in [1.165, 1.54) is 64.6 Å². The first-order valence-corrected chi connectivity index (χ1v) is 8.29. The fraction of sp³-hybridized carbons (Fsp3) is 1.00. The summed E-state index contributed by atoms with van der Waals surface area (Å²) in [6, 6.07) is 0.743. The molecule has 2 aliphatic rings. The van der Waals surface area contributed by atoms with Gasteiger partial charge in [-0.15, -0.1) is 0 Å². The average molecular weight is 267 g/mol. The highest BCUT2D eigenvalue weighted by molar-refractivity contribution is 4.83.